The summed E-state index contributed by atoms with van der Waals surface area (Å²) in [5, 5.41) is 6.88. The van der Waals surface area contributed by atoms with Gasteiger partial charge in [0.2, 0.25) is 0 Å². The van der Waals surface area contributed by atoms with Crippen molar-refractivity contribution in [2.75, 3.05) is 13.1 Å². The largest absolute Gasteiger partial charge is 0.350 e. The third kappa shape index (κ3) is 3.56. The van der Waals surface area contributed by atoms with Crippen molar-refractivity contribution in [1.82, 2.24) is 10.6 Å². The number of hydrogen-bond acceptors (Lipinski definition) is 2. The van der Waals surface area contributed by atoms with Gasteiger partial charge in [0, 0.05) is 21.2 Å². The van der Waals surface area contributed by atoms with E-state index in [0.717, 1.165) is 16.5 Å². The molecular formula is C12H14ClIN2O. The molecule has 3 nitrogen and oxygen atoms in total. The van der Waals surface area contributed by atoms with Gasteiger partial charge in [-0.2, -0.15) is 0 Å². The van der Waals surface area contributed by atoms with Crippen molar-refractivity contribution >= 4 is 40.1 Å². The minimum atomic E-state index is -0.0504. The molecule has 1 fully saturated rings. The molecule has 0 saturated carbocycles. The SMILES string of the molecule is O=C(NCC1CCCN1)c1cc(Cl)ccc1I. The van der Waals surface area contributed by atoms with Crippen LogP contribution in [-0.2, 0) is 0 Å². The second kappa shape index (κ2) is 6.02. The van der Waals surface area contributed by atoms with Crippen LogP contribution < -0.4 is 10.6 Å². The summed E-state index contributed by atoms with van der Waals surface area (Å²) in [5.74, 6) is -0.0504. The van der Waals surface area contributed by atoms with E-state index in [1.165, 1.54) is 6.42 Å². The van der Waals surface area contributed by atoms with E-state index in [2.05, 4.69) is 33.2 Å². The minimum absolute atomic E-state index is 0.0504. The average molecular weight is 365 g/mol. The van der Waals surface area contributed by atoms with Crippen molar-refractivity contribution < 1.29 is 4.79 Å². The smallest absolute Gasteiger partial charge is 0.252 e. The lowest BCUT2D eigenvalue weighted by Gasteiger charge is -2.12. The van der Waals surface area contributed by atoms with Crippen molar-refractivity contribution in [3.63, 3.8) is 0 Å². The monoisotopic (exact) mass is 364 g/mol. The molecule has 1 aliphatic rings. The van der Waals surface area contributed by atoms with Crippen LogP contribution >= 0.6 is 34.2 Å². The molecule has 92 valence electrons. The molecule has 1 aromatic carbocycles. The Kier molecular flexibility index (Phi) is 4.64. The zero-order valence-electron chi connectivity index (χ0n) is 9.30. The van der Waals surface area contributed by atoms with Gasteiger partial charge in [0.15, 0.2) is 0 Å². The lowest BCUT2D eigenvalue weighted by atomic mass is 10.2. The third-order valence-electron chi connectivity index (χ3n) is 2.84. The van der Waals surface area contributed by atoms with E-state index in [0.29, 0.717) is 23.2 Å². The minimum Gasteiger partial charge on any atom is -0.350 e. The Balaban J connectivity index is 1.96. The van der Waals surface area contributed by atoms with Gasteiger partial charge in [-0.05, 0) is 60.2 Å². The third-order valence-corrected chi connectivity index (χ3v) is 4.02. The maximum atomic E-state index is 12.0. The summed E-state index contributed by atoms with van der Waals surface area (Å²) in [6.45, 7) is 1.73. The van der Waals surface area contributed by atoms with Gasteiger partial charge in [0.1, 0.15) is 0 Å². The molecule has 0 aliphatic carbocycles. The predicted molar refractivity (Wildman–Crippen MR) is 77.5 cm³/mol. The fourth-order valence-corrected chi connectivity index (χ4v) is 2.67. The summed E-state index contributed by atoms with van der Waals surface area (Å²) in [6, 6.07) is 5.76. The Morgan fingerprint density at radius 3 is 3.12 bits per heavy atom. The lowest BCUT2D eigenvalue weighted by molar-refractivity contribution is 0.0949. The number of benzene rings is 1. The Morgan fingerprint density at radius 2 is 2.41 bits per heavy atom. The van der Waals surface area contributed by atoms with Crippen molar-refractivity contribution in [3.8, 4) is 0 Å². The second-order valence-electron chi connectivity index (χ2n) is 4.13. The summed E-state index contributed by atoms with van der Waals surface area (Å²) in [4.78, 5) is 12.0. The van der Waals surface area contributed by atoms with Crippen molar-refractivity contribution in [3.05, 3.63) is 32.4 Å². The maximum absolute atomic E-state index is 12.0. The molecule has 1 unspecified atom stereocenters. The summed E-state index contributed by atoms with van der Waals surface area (Å²) < 4.78 is 0.920. The Labute approximate surface area is 119 Å². The van der Waals surface area contributed by atoms with Crippen molar-refractivity contribution in [1.29, 1.82) is 0 Å². The molecule has 0 radical (unpaired) electrons. The quantitative estimate of drug-likeness (QED) is 0.809. The fraction of sp³-hybridized carbons (Fsp3) is 0.417. The second-order valence-corrected chi connectivity index (χ2v) is 5.73. The number of nitrogens with one attached hydrogen (secondary N) is 2. The highest BCUT2D eigenvalue weighted by Gasteiger charge is 2.16. The molecule has 1 saturated heterocycles. The van der Waals surface area contributed by atoms with Crippen molar-refractivity contribution in [2.24, 2.45) is 0 Å². The number of amides is 1. The van der Waals surface area contributed by atoms with Gasteiger partial charge in [-0.15, -0.1) is 0 Å². The number of carbonyl (C=O) groups is 1. The van der Waals surface area contributed by atoms with Crippen LogP contribution in [0.25, 0.3) is 0 Å². The van der Waals surface area contributed by atoms with E-state index in [9.17, 15) is 4.79 Å². The van der Waals surface area contributed by atoms with E-state index in [1.54, 1.807) is 12.1 Å². The van der Waals surface area contributed by atoms with Gasteiger partial charge < -0.3 is 10.6 Å². The van der Waals surface area contributed by atoms with E-state index >= 15 is 0 Å². The summed E-state index contributed by atoms with van der Waals surface area (Å²) in [6.07, 6.45) is 2.32. The zero-order chi connectivity index (χ0) is 12.3. The molecular weight excluding hydrogens is 351 g/mol. The van der Waals surface area contributed by atoms with E-state index in [-0.39, 0.29) is 5.91 Å². The molecule has 0 bridgehead atoms. The van der Waals surface area contributed by atoms with Crippen LogP contribution in [0.4, 0.5) is 0 Å². The van der Waals surface area contributed by atoms with Crippen LogP contribution in [0.3, 0.4) is 0 Å². The van der Waals surface area contributed by atoms with E-state index < -0.39 is 0 Å². The summed E-state index contributed by atoms with van der Waals surface area (Å²) >= 11 is 8.04. The summed E-state index contributed by atoms with van der Waals surface area (Å²) in [5.41, 5.74) is 0.649. The molecule has 0 aromatic heterocycles. The number of carbonyl (C=O) groups excluding carboxylic acids is 1. The van der Waals surface area contributed by atoms with Crippen molar-refractivity contribution in [2.45, 2.75) is 18.9 Å². The molecule has 2 rings (SSSR count). The molecule has 0 spiro atoms. The van der Waals surface area contributed by atoms with Gasteiger partial charge in [0.25, 0.3) is 5.91 Å². The molecule has 5 heteroatoms. The van der Waals surface area contributed by atoms with Gasteiger partial charge in [0.05, 0.1) is 5.56 Å². The first-order valence-electron chi connectivity index (χ1n) is 5.63. The normalized spacial score (nSPS) is 19.3. The van der Waals surface area contributed by atoms with Crippen LogP contribution in [0.1, 0.15) is 23.2 Å². The standard InChI is InChI=1S/C12H14ClIN2O/c13-8-3-4-11(14)10(6-8)12(17)16-7-9-2-1-5-15-9/h3-4,6,9,15H,1-2,5,7H2,(H,16,17). The van der Waals surface area contributed by atoms with Crippen LogP contribution in [0, 0.1) is 3.57 Å². The molecule has 1 aromatic rings. The topological polar surface area (TPSA) is 41.1 Å². The Bertz CT molecular complexity index is 419. The van der Waals surface area contributed by atoms with Crippen LogP contribution in [0.2, 0.25) is 5.02 Å². The van der Waals surface area contributed by atoms with Crippen LogP contribution in [0.15, 0.2) is 18.2 Å². The van der Waals surface area contributed by atoms with Crippen LogP contribution in [0.5, 0.6) is 0 Å². The molecule has 1 aliphatic heterocycles. The predicted octanol–water partition coefficient (Wildman–Crippen LogP) is 2.43. The van der Waals surface area contributed by atoms with Crippen LogP contribution in [-0.4, -0.2) is 25.0 Å². The first-order valence-corrected chi connectivity index (χ1v) is 7.09. The average Bonchev–Trinajstić information content (AvgIpc) is 2.82. The summed E-state index contributed by atoms with van der Waals surface area (Å²) in [7, 11) is 0. The lowest BCUT2D eigenvalue weighted by Crippen LogP contribution is -2.37. The van der Waals surface area contributed by atoms with Gasteiger partial charge in [-0.1, -0.05) is 11.6 Å². The van der Waals surface area contributed by atoms with Gasteiger partial charge in [-0.3, -0.25) is 4.79 Å². The van der Waals surface area contributed by atoms with Gasteiger partial charge >= 0.3 is 0 Å². The maximum Gasteiger partial charge on any atom is 0.252 e. The zero-order valence-corrected chi connectivity index (χ0v) is 12.2. The molecule has 1 atom stereocenters. The number of halogens is 2. The highest BCUT2D eigenvalue weighted by atomic mass is 127. The van der Waals surface area contributed by atoms with E-state index in [1.807, 2.05) is 6.07 Å². The first kappa shape index (κ1) is 13.1. The molecule has 1 amide bonds. The fourth-order valence-electron chi connectivity index (χ4n) is 1.91. The highest BCUT2D eigenvalue weighted by molar-refractivity contribution is 14.1. The molecule has 1 heterocycles. The number of rotatable bonds is 3. The first-order chi connectivity index (χ1) is 8.16. The molecule has 2 N–H and O–H groups in total. The Hall–Kier alpha value is -0.330. The Morgan fingerprint density at radius 1 is 1.59 bits per heavy atom. The highest BCUT2D eigenvalue weighted by Crippen LogP contribution is 2.17. The molecule has 17 heavy (non-hydrogen) atoms. The number of hydrogen-bond donors (Lipinski definition) is 2. The van der Waals surface area contributed by atoms with E-state index in [4.69, 9.17) is 11.6 Å². The van der Waals surface area contributed by atoms with Gasteiger partial charge in [-0.25, -0.2) is 0 Å².